The summed E-state index contributed by atoms with van der Waals surface area (Å²) in [5.41, 5.74) is 8.70. The number of fused-ring (bicyclic) bond motifs is 1. The first kappa shape index (κ1) is 11.9. The largest absolute Gasteiger partial charge is 0.459 e. The second kappa shape index (κ2) is 4.48. The quantitative estimate of drug-likeness (QED) is 0.765. The highest BCUT2D eigenvalue weighted by atomic mass is 19.1. The van der Waals surface area contributed by atoms with Crippen LogP contribution in [0.3, 0.4) is 0 Å². The molecule has 2 aromatic heterocycles. The van der Waals surface area contributed by atoms with Crippen LogP contribution in [0, 0.1) is 12.7 Å². The Morgan fingerprint density at radius 1 is 1.21 bits per heavy atom. The summed E-state index contributed by atoms with van der Waals surface area (Å²) in [7, 11) is 0. The van der Waals surface area contributed by atoms with Crippen LogP contribution in [0.4, 0.5) is 4.39 Å². The Labute approximate surface area is 109 Å². The van der Waals surface area contributed by atoms with Gasteiger partial charge in [-0.1, -0.05) is 6.07 Å². The van der Waals surface area contributed by atoms with Crippen molar-refractivity contribution in [3.8, 4) is 0 Å². The van der Waals surface area contributed by atoms with Crippen molar-refractivity contribution < 1.29 is 8.81 Å². The number of hydrogen-bond donors (Lipinski definition) is 1. The molecular formula is C15H13FN2O. The first-order chi connectivity index (χ1) is 9.13. The third kappa shape index (κ3) is 2.22. The van der Waals surface area contributed by atoms with E-state index in [2.05, 4.69) is 4.98 Å². The molecule has 1 aromatic carbocycles. The topological polar surface area (TPSA) is 52.0 Å². The molecular weight excluding hydrogens is 243 g/mol. The average molecular weight is 256 g/mol. The molecule has 0 aliphatic rings. The van der Waals surface area contributed by atoms with Gasteiger partial charge in [-0.25, -0.2) is 4.39 Å². The summed E-state index contributed by atoms with van der Waals surface area (Å²) in [4.78, 5) is 4.12. The molecule has 0 spiro atoms. The molecule has 0 saturated heterocycles. The van der Waals surface area contributed by atoms with Crippen LogP contribution >= 0.6 is 0 Å². The SMILES string of the molecule is Cc1cncc(C(N)c2cc3cc(F)ccc3o2)c1. The molecule has 1 unspecified atom stereocenters. The second-order valence-corrected chi connectivity index (χ2v) is 4.60. The van der Waals surface area contributed by atoms with E-state index >= 15 is 0 Å². The Kier molecular flexibility index (Phi) is 2.80. The summed E-state index contributed by atoms with van der Waals surface area (Å²) >= 11 is 0. The van der Waals surface area contributed by atoms with Gasteiger partial charge in [-0.3, -0.25) is 4.98 Å². The molecule has 0 bridgehead atoms. The molecule has 0 saturated carbocycles. The number of aryl methyl sites for hydroxylation is 1. The van der Waals surface area contributed by atoms with E-state index in [9.17, 15) is 4.39 Å². The number of benzene rings is 1. The van der Waals surface area contributed by atoms with Gasteiger partial charge in [0.05, 0.1) is 6.04 Å². The van der Waals surface area contributed by atoms with Gasteiger partial charge in [0, 0.05) is 17.8 Å². The molecule has 0 amide bonds. The van der Waals surface area contributed by atoms with Crippen molar-refractivity contribution in [1.82, 2.24) is 4.98 Å². The van der Waals surface area contributed by atoms with E-state index in [4.69, 9.17) is 10.2 Å². The molecule has 0 aliphatic carbocycles. The van der Waals surface area contributed by atoms with Crippen molar-refractivity contribution in [3.05, 3.63) is 65.4 Å². The van der Waals surface area contributed by atoms with E-state index in [-0.39, 0.29) is 5.82 Å². The average Bonchev–Trinajstić information content (AvgIpc) is 2.80. The fraction of sp³-hybridized carbons (Fsp3) is 0.133. The molecule has 3 nitrogen and oxygen atoms in total. The summed E-state index contributed by atoms with van der Waals surface area (Å²) in [6.07, 6.45) is 3.48. The number of pyridine rings is 1. The molecule has 0 radical (unpaired) electrons. The highest BCUT2D eigenvalue weighted by Gasteiger charge is 2.15. The molecule has 0 aliphatic heterocycles. The summed E-state index contributed by atoms with van der Waals surface area (Å²) < 4.78 is 18.8. The summed E-state index contributed by atoms with van der Waals surface area (Å²) in [5, 5.41) is 0.714. The molecule has 2 heterocycles. The number of hydrogen-bond acceptors (Lipinski definition) is 3. The lowest BCUT2D eigenvalue weighted by molar-refractivity contribution is 0.524. The molecule has 96 valence electrons. The van der Waals surface area contributed by atoms with Crippen molar-refractivity contribution in [3.63, 3.8) is 0 Å². The van der Waals surface area contributed by atoms with Gasteiger partial charge in [-0.2, -0.15) is 0 Å². The second-order valence-electron chi connectivity index (χ2n) is 4.60. The van der Waals surface area contributed by atoms with Crippen molar-refractivity contribution in [2.24, 2.45) is 5.73 Å². The van der Waals surface area contributed by atoms with Gasteiger partial charge in [0.2, 0.25) is 0 Å². The Morgan fingerprint density at radius 2 is 2.05 bits per heavy atom. The zero-order valence-electron chi connectivity index (χ0n) is 10.4. The van der Waals surface area contributed by atoms with E-state index in [0.29, 0.717) is 16.7 Å². The van der Waals surface area contributed by atoms with Crippen LogP contribution in [-0.2, 0) is 0 Å². The van der Waals surface area contributed by atoms with Crippen molar-refractivity contribution in [1.29, 1.82) is 0 Å². The molecule has 3 rings (SSSR count). The van der Waals surface area contributed by atoms with E-state index < -0.39 is 6.04 Å². The normalized spacial score (nSPS) is 12.8. The maximum atomic E-state index is 13.1. The maximum absolute atomic E-state index is 13.1. The minimum absolute atomic E-state index is 0.286. The lowest BCUT2D eigenvalue weighted by Crippen LogP contribution is -2.11. The van der Waals surface area contributed by atoms with Crippen molar-refractivity contribution in [2.45, 2.75) is 13.0 Å². The Hall–Kier alpha value is -2.20. The van der Waals surface area contributed by atoms with Crippen LogP contribution < -0.4 is 5.73 Å². The van der Waals surface area contributed by atoms with Crippen LogP contribution in [0.5, 0.6) is 0 Å². The van der Waals surface area contributed by atoms with Gasteiger partial charge in [-0.15, -0.1) is 0 Å². The van der Waals surface area contributed by atoms with E-state index in [1.807, 2.05) is 13.0 Å². The van der Waals surface area contributed by atoms with Gasteiger partial charge in [-0.05, 0) is 42.3 Å². The minimum Gasteiger partial charge on any atom is -0.459 e. The summed E-state index contributed by atoms with van der Waals surface area (Å²) in [6, 6.07) is 7.74. The zero-order chi connectivity index (χ0) is 13.4. The molecule has 2 N–H and O–H groups in total. The molecule has 0 fully saturated rings. The van der Waals surface area contributed by atoms with E-state index in [1.165, 1.54) is 12.1 Å². The highest BCUT2D eigenvalue weighted by molar-refractivity contribution is 5.78. The summed E-state index contributed by atoms with van der Waals surface area (Å²) in [6.45, 7) is 1.96. The lowest BCUT2D eigenvalue weighted by Gasteiger charge is -2.08. The minimum atomic E-state index is -0.400. The Bertz CT molecular complexity index is 736. The molecule has 4 heteroatoms. The third-order valence-corrected chi connectivity index (χ3v) is 3.06. The number of halogens is 1. The standard InChI is InChI=1S/C15H13FN2O/c1-9-4-11(8-18-7-9)15(17)14-6-10-5-12(16)2-3-13(10)19-14/h2-8,15H,17H2,1H3. The molecule has 19 heavy (non-hydrogen) atoms. The third-order valence-electron chi connectivity index (χ3n) is 3.06. The number of furan rings is 1. The van der Waals surface area contributed by atoms with Crippen LogP contribution in [0.1, 0.15) is 22.9 Å². The van der Waals surface area contributed by atoms with Crippen LogP contribution in [-0.4, -0.2) is 4.98 Å². The molecule has 1 atom stereocenters. The van der Waals surface area contributed by atoms with Crippen LogP contribution in [0.2, 0.25) is 0 Å². The van der Waals surface area contributed by atoms with Crippen LogP contribution in [0.25, 0.3) is 11.0 Å². The first-order valence-electron chi connectivity index (χ1n) is 5.99. The van der Waals surface area contributed by atoms with Gasteiger partial charge in [0.15, 0.2) is 0 Å². The van der Waals surface area contributed by atoms with Gasteiger partial charge >= 0.3 is 0 Å². The first-order valence-corrected chi connectivity index (χ1v) is 5.99. The van der Waals surface area contributed by atoms with Gasteiger partial charge in [0.25, 0.3) is 0 Å². The van der Waals surface area contributed by atoms with Crippen molar-refractivity contribution in [2.75, 3.05) is 0 Å². The monoisotopic (exact) mass is 256 g/mol. The fourth-order valence-electron chi connectivity index (χ4n) is 2.10. The number of nitrogens with two attached hydrogens (primary N) is 1. The predicted octanol–water partition coefficient (Wildman–Crippen LogP) is 3.32. The Balaban J connectivity index is 2.04. The van der Waals surface area contributed by atoms with Gasteiger partial charge in [0.1, 0.15) is 17.2 Å². The summed E-state index contributed by atoms with van der Waals surface area (Å²) in [5.74, 6) is 0.318. The lowest BCUT2D eigenvalue weighted by atomic mass is 10.1. The number of aromatic nitrogens is 1. The number of rotatable bonds is 2. The van der Waals surface area contributed by atoms with Gasteiger partial charge < -0.3 is 10.2 Å². The fourth-order valence-corrected chi connectivity index (χ4v) is 2.10. The van der Waals surface area contributed by atoms with Crippen LogP contribution in [0.15, 0.2) is 47.1 Å². The smallest absolute Gasteiger partial charge is 0.134 e. The zero-order valence-corrected chi connectivity index (χ0v) is 10.4. The van der Waals surface area contributed by atoms with E-state index in [1.54, 1.807) is 24.5 Å². The van der Waals surface area contributed by atoms with Crippen molar-refractivity contribution >= 4 is 11.0 Å². The maximum Gasteiger partial charge on any atom is 0.134 e. The molecule has 3 aromatic rings. The highest BCUT2D eigenvalue weighted by Crippen LogP contribution is 2.27. The van der Waals surface area contributed by atoms with E-state index in [0.717, 1.165) is 11.1 Å². The number of nitrogens with zero attached hydrogens (tertiary/aromatic N) is 1. The predicted molar refractivity (Wildman–Crippen MR) is 71.2 cm³/mol. The Morgan fingerprint density at radius 3 is 2.84 bits per heavy atom.